The Morgan fingerprint density at radius 3 is 2.73 bits per heavy atom. The van der Waals surface area contributed by atoms with Gasteiger partial charge in [-0.25, -0.2) is 10.2 Å². The highest BCUT2D eigenvalue weighted by Crippen LogP contribution is 2.17. The molecule has 0 saturated carbocycles. The number of nitrogens with one attached hydrogen (secondary N) is 2. The van der Waals surface area contributed by atoms with Gasteiger partial charge in [-0.05, 0) is 24.6 Å². The van der Waals surface area contributed by atoms with Crippen LogP contribution in [0.2, 0.25) is 5.02 Å². The molecule has 0 fully saturated rings. The monoisotopic (exact) mass is 372 g/mol. The molecule has 134 valence electrons. The average molecular weight is 373 g/mol. The number of allylic oxidation sites excluding steroid dienone is 1. The van der Waals surface area contributed by atoms with Gasteiger partial charge in [-0.15, -0.1) is 0 Å². The van der Waals surface area contributed by atoms with Gasteiger partial charge in [0.15, 0.2) is 11.2 Å². The normalized spacial score (nSPS) is 11.3. The number of rotatable bonds is 5. The Hall–Kier alpha value is -3.13. The van der Waals surface area contributed by atoms with E-state index in [9.17, 15) is 9.59 Å². The van der Waals surface area contributed by atoms with Crippen LogP contribution in [0.3, 0.4) is 0 Å². The summed E-state index contributed by atoms with van der Waals surface area (Å²) in [6, 6.07) is 7.15. The van der Waals surface area contributed by atoms with Crippen LogP contribution in [0.5, 0.6) is 0 Å². The summed E-state index contributed by atoms with van der Waals surface area (Å²) < 4.78 is 2.91. The van der Waals surface area contributed by atoms with Crippen molar-refractivity contribution in [2.45, 2.75) is 13.5 Å². The predicted octanol–water partition coefficient (Wildman–Crippen LogP) is 2.10. The first-order valence-corrected chi connectivity index (χ1v) is 8.13. The molecule has 2 heterocycles. The van der Waals surface area contributed by atoms with Gasteiger partial charge >= 0.3 is 5.69 Å². The van der Waals surface area contributed by atoms with Crippen LogP contribution in [-0.4, -0.2) is 25.3 Å². The third-order valence-electron chi connectivity index (χ3n) is 3.68. The summed E-state index contributed by atoms with van der Waals surface area (Å²) in [7, 11) is 1.54. The molecule has 0 aliphatic rings. The topological polar surface area (TPSA) is 97.1 Å². The summed E-state index contributed by atoms with van der Waals surface area (Å²) >= 11 is 5.86. The minimum atomic E-state index is -0.529. The fourth-order valence-corrected chi connectivity index (χ4v) is 2.58. The SMILES string of the molecule is C=C(C)Cn1c(N/N=C/c2ccc(Cl)cc2)nc2c1c(=O)[nH]c(=O)n2C. The molecule has 8 nitrogen and oxygen atoms in total. The largest absolute Gasteiger partial charge is 0.329 e. The van der Waals surface area contributed by atoms with Gasteiger partial charge < -0.3 is 0 Å². The predicted molar refractivity (Wildman–Crippen MR) is 103 cm³/mol. The fourth-order valence-electron chi connectivity index (χ4n) is 2.46. The van der Waals surface area contributed by atoms with Crippen molar-refractivity contribution in [3.8, 4) is 0 Å². The molecule has 0 bridgehead atoms. The molecule has 1 aromatic carbocycles. The van der Waals surface area contributed by atoms with E-state index in [1.54, 1.807) is 30.0 Å². The van der Waals surface area contributed by atoms with E-state index in [2.05, 4.69) is 27.1 Å². The number of nitrogens with zero attached hydrogens (tertiary/aromatic N) is 4. The third-order valence-corrected chi connectivity index (χ3v) is 3.94. The van der Waals surface area contributed by atoms with Gasteiger partial charge in [0.25, 0.3) is 5.56 Å². The lowest BCUT2D eigenvalue weighted by molar-refractivity contribution is 0.800. The lowest BCUT2D eigenvalue weighted by Crippen LogP contribution is -2.29. The average Bonchev–Trinajstić information content (AvgIpc) is 2.93. The first-order valence-electron chi connectivity index (χ1n) is 7.75. The van der Waals surface area contributed by atoms with Gasteiger partial charge in [-0.2, -0.15) is 10.1 Å². The number of anilines is 1. The Kier molecular flexibility index (Phi) is 4.77. The molecule has 0 unspecified atom stereocenters. The quantitative estimate of drug-likeness (QED) is 0.407. The van der Waals surface area contributed by atoms with E-state index >= 15 is 0 Å². The summed E-state index contributed by atoms with van der Waals surface area (Å²) in [5.41, 5.74) is 4.00. The number of imidazole rings is 1. The van der Waals surface area contributed by atoms with Gasteiger partial charge in [-0.1, -0.05) is 35.9 Å². The smallest absolute Gasteiger partial charge is 0.299 e. The number of hydrogen-bond acceptors (Lipinski definition) is 5. The second-order valence-electron chi connectivity index (χ2n) is 5.89. The van der Waals surface area contributed by atoms with E-state index < -0.39 is 11.2 Å². The van der Waals surface area contributed by atoms with Gasteiger partial charge in [0, 0.05) is 18.6 Å². The second-order valence-corrected chi connectivity index (χ2v) is 6.33. The molecule has 0 amide bonds. The number of aromatic nitrogens is 4. The minimum absolute atomic E-state index is 0.268. The van der Waals surface area contributed by atoms with Crippen LogP contribution in [0.1, 0.15) is 12.5 Å². The molecule has 0 aliphatic heterocycles. The Bertz CT molecular complexity index is 1120. The number of benzene rings is 1. The molecule has 9 heteroatoms. The van der Waals surface area contributed by atoms with Gasteiger partial charge in [-0.3, -0.25) is 18.9 Å². The fraction of sp³-hybridized carbons (Fsp3) is 0.176. The number of H-pyrrole nitrogens is 1. The number of aryl methyl sites for hydroxylation is 1. The van der Waals surface area contributed by atoms with Crippen molar-refractivity contribution in [1.82, 2.24) is 19.1 Å². The van der Waals surface area contributed by atoms with Crippen LogP contribution >= 0.6 is 11.6 Å². The van der Waals surface area contributed by atoms with Crippen molar-refractivity contribution in [2.24, 2.45) is 12.1 Å². The van der Waals surface area contributed by atoms with E-state index in [1.165, 1.54) is 4.57 Å². The maximum Gasteiger partial charge on any atom is 0.329 e. The Balaban J connectivity index is 2.04. The zero-order chi connectivity index (χ0) is 18.8. The highest BCUT2D eigenvalue weighted by Gasteiger charge is 2.17. The Morgan fingerprint density at radius 2 is 2.08 bits per heavy atom. The van der Waals surface area contributed by atoms with Crippen LogP contribution in [0.15, 0.2) is 51.1 Å². The van der Waals surface area contributed by atoms with Crippen molar-refractivity contribution in [3.05, 3.63) is 67.8 Å². The van der Waals surface area contributed by atoms with E-state index in [0.717, 1.165) is 11.1 Å². The van der Waals surface area contributed by atoms with E-state index in [0.29, 0.717) is 17.5 Å². The van der Waals surface area contributed by atoms with Gasteiger partial charge in [0.05, 0.1) is 6.21 Å². The zero-order valence-electron chi connectivity index (χ0n) is 14.3. The van der Waals surface area contributed by atoms with Gasteiger partial charge in [0.2, 0.25) is 5.95 Å². The first-order chi connectivity index (χ1) is 12.4. The highest BCUT2D eigenvalue weighted by atomic mass is 35.5. The van der Waals surface area contributed by atoms with Crippen LogP contribution in [0.4, 0.5) is 5.95 Å². The Morgan fingerprint density at radius 1 is 1.38 bits per heavy atom. The summed E-state index contributed by atoms with van der Waals surface area (Å²) in [6.07, 6.45) is 1.60. The number of fused-ring (bicyclic) bond motifs is 1. The molecule has 0 aliphatic carbocycles. The second kappa shape index (κ2) is 7.01. The maximum absolute atomic E-state index is 12.3. The third kappa shape index (κ3) is 3.45. The molecular weight excluding hydrogens is 356 g/mol. The molecule has 0 radical (unpaired) electrons. The maximum atomic E-state index is 12.3. The number of hydrazone groups is 1. The molecule has 0 spiro atoms. The lowest BCUT2D eigenvalue weighted by atomic mass is 10.2. The molecule has 2 aromatic heterocycles. The van der Waals surface area contributed by atoms with Crippen LogP contribution in [-0.2, 0) is 13.6 Å². The summed E-state index contributed by atoms with van der Waals surface area (Å²) in [6.45, 7) is 6.07. The molecule has 26 heavy (non-hydrogen) atoms. The van der Waals surface area contributed by atoms with E-state index in [4.69, 9.17) is 11.6 Å². The summed E-state index contributed by atoms with van der Waals surface area (Å²) in [5.74, 6) is 0.333. The lowest BCUT2D eigenvalue weighted by Gasteiger charge is -2.07. The van der Waals surface area contributed by atoms with Crippen molar-refractivity contribution < 1.29 is 0 Å². The summed E-state index contributed by atoms with van der Waals surface area (Å²) in [5, 5.41) is 4.79. The van der Waals surface area contributed by atoms with Gasteiger partial charge in [0.1, 0.15) is 0 Å². The standard InChI is InChI=1S/C17H17ClN6O2/c1-10(2)9-24-13-14(23(3)17(26)21-15(13)25)20-16(24)22-19-8-11-4-6-12(18)7-5-11/h4-8H,1,9H2,2-3H3,(H,20,22)(H,21,25,26)/b19-8+. The number of halogens is 1. The van der Waals surface area contributed by atoms with E-state index in [-0.39, 0.29) is 11.2 Å². The number of hydrogen-bond donors (Lipinski definition) is 2. The van der Waals surface area contributed by atoms with Crippen molar-refractivity contribution >= 4 is 34.9 Å². The van der Waals surface area contributed by atoms with Crippen molar-refractivity contribution in [3.63, 3.8) is 0 Å². The van der Waals surface area contributed by atoms with E-state index in [1.807, 2.05) is 19.1 Å². The minimum Gasteiger partial charge on any atom is -0.299 e. The number of aromatic amines is 1. The summed E-state index contributed by atoms with van der Waals surface area (Å²) in [4.78, 5) is 30.7. The first kappa shape index (κ1) is 17.7. The molecule has 2 N–H and O–H groups in total. The van der Waals surface area contributed by atoms with Crippen LogP contribution in [0.25, 0.3) is 11.2 Å². The highest BCUT2D eigenvalue weighted by molar-refractivity contribution is 6.30. The molecule has 3 aromatic rings. The molecule has 0 saturated heterocycles. The molecular formula is C17H17ClN6O2. The van der Waals surface area contributed by atoms with Crippen molar-refractivity contribution in [2.75, 3.05) is 5.43 Å². The zero-order valence-corrected chi connectivity index (χ0v) is 15.0. The Labute approximate surface area is 153 Å². The molecule has 3 rings (SSSR count). The molecule has 0 atom stereocenters. The van der Waals surface area contributed by atoms with Crippen LogP contribution in [0, 0.1) is 0 Å². The van der Waals surface area contributed by atoms with Crippen molar-refractivity contribution in [1.29, 1.82) is 0 Å². The van der Waals surface area contributed by atoms with Crippen LogP contribution < -0.4 is 16.7 Å².